The molecule has 0 saturated carbocycles. The van der Waals surface area contributed by atoms with Crippen LogP contribution in [0.3, 0.4) is 0 Å². The standard InChI is InChI=1S/C12H15N3O4/c1-6(2)19-12(17)15-8-4-9-10(3-7(8)13)18-5-11(16)14-9/h3-4,6H,5,13H2,1-2H3,(H,14,16)(H,15,17). The Hall–Kier alpha value is -2.44. The summed E-state index contributed by atoms with van der Waals surface area (Å²) in [5, 5.41) is 5.14. The van der Waals surface area contributed by atoms with Gasteiger partial charge in [0, 0.05) is 6.07 Å². The predicted octanol–water partition coefficient (Wildman–Crippen LogP) is 1.56. The average molecular weight is 265 g/mol. The van der Waals surface area contributed by atoms with Gasteiger partial charge in [0.1, 0.15) is 5.75 Å². The monoisotopic (exact) mass is 265 g/mol. The van der Waals surface area contributed by atoms with E-state index in [9.17, 15) is 9.59 Å². The molecule has 1 aromatic carbocycles. The Balaban J connectivity index is 2.19. The zero-order valence-corrected chi connectivity index (χ0v) is 10.6. The second kappa shape index (κ2) is 5.05. The van der Waals surface area contributed by atoms with Gasteiger partial charge in [-0.3, -0.25) is 10.1 Å². The minimum Gasteiger partial charge on any atom is -0.482 e. The van der Waals surface area contributed by atoms with E-state index in [1.807, 2.05) is 0 Å². The number of amides is 2. The molecular weight excluding hydrogens is 250 g/mol. The second-order valence-corrected chi connectivity index (χ2v) is 4.35. The molecule has 1 aliphatic rings. The molecule has 0 fully saturated rings. The lowest BCUT2D eigenvalue weighted by Gasteiger charge is -2.20. The van der Waals surface area contributed by atoms with E-state index in [0.29, 0.717) is 22.8 Å². The third kappa shape index (κ3) is 3.06. The normalized spacial score (nSPS) is 13.3. The summed E-state index contributed by atoms with van der Waals surface area (Å²) in [4.78, 5) is 22.7. The predicted molar refractivity (Wildman–Crippen MR) is 70.2 cm³/mol. The Labute approximate surface area is 110 Å². The first-order valence-corrected chi connectivity index (χ1v) is 5.79. The van der Waals surface area contributed by atoms with Crippen molar-refractivity contribution in [2.24, 2.45) is 0 Å². The van der Waals surface area contributed by atoms with Crippen molar-refractivity contribution in [3.8, 4) is 5.75 Å². The maximum atomic E-state index is 11.5. The van der Waals surface area contributed by atoms with Crippen molar-refractivity contribution < 1.29 is 19.1 Å². The van der Waals surface area contributed by atoms with Gasteiger partial charge >= 0.3 is 6.09 Å². The Kier molecular flexibility index (Phi) is 3.46. The SMILES string of the molecule is CC(C)OC(=O)Nc1cc2c(cc1N)OCC(=O)N2. The van der Waals surface area contributed by atoms with Crippen molar-refractivity contribution in [3.05, 3.63) is 12.1 Å². The summed E-state index contributed by atoms with van der Waals surface area (Å²) in [7, 11) is 0. The minimum absolute atomic E-state index is 0.0470. The lowest BCUT2D eigenvalue weighted by molar-refractivity contribution is -0.118. The first-order valence-electron chi connectivity index (χ1n) is 5.79. The zero-order valence-electron chi connectivity index (χ0n) is 10.6. The molecule has 0 atom stereocenters. The second-order valence-electron chi connectivity index (χ2n) is 4.35. The summed E-state index contributed by atoms with van der Waals surface area (Å²) in [6.07, 6.45) is -0.841. The van der Waals surface area contributed by atoms with E-state index < -0.39 is 6.09 Å². The van der Waals surface area contributed by atoms with Crippen molar-refractivity contribution in [2.45, 2.75) is 20.0 Å². The van der Waals surface area contributed by atoms with Gasteiger partial charge in [-0.05, 0) is 19.9 Å². The maximum absolute atomic E-state index is 11.5. The molecule has 19 heavy (non-hydrogen) atoms. The fourth-order valence-electron chi connectivity index (χ4n) is 1.60. The summed E-state index contributed by atoms with van der Waals surface area (Å²) in [6, 6.07) is 3.07. The molecule has 2 amide bonds. The molecule has 2 rings (SSSR count). The van der Waals surface area contributed by atoms with Crippen molar-refractivity contribution in [2.75, 3.05) is 23.0 Å². The lowest BCUT2D eigenvalue weighted by atomic mass is 10.2. The van der Waals surface area contributed by atoms with Crippen LogP contribution < -0.4 is 21.1 Å². The van der Waals surface area contributed by atoms with E-state index in [0.717, 1.165) is 0 Å². The smallest absolute Gasteiger partial charge is 0.411 e. The van der Waals surface area contributed by atoms with E-state index in [1.165, 1.54) is 6.07 Å². The number of nitrogen functional groups attached to an aromatic ring is 1. The number of rotatable bonds is 2. The first-order chi connectivity index (χ1) is 8.95. The molecule has 1 heterocycles. The van der Waals surface area contributed by atoms with Gasteiger partial charge in [0.25, 0.3) is 5.91 Å². The summed E-state index contributed by atoms with van der Waals surface area (Å²) in [6.45, 7) is 3.43. The van der Waals surface area contributed by atoms with Gasteiger partial charge in [-0.2, -0.15) is 0 Å². The van der Waals surface area contributed by atoms with E-state index in [1.54, 1.807) is 19.9 Å². The topological polar surface area (TPSA) is 103 Å². The molecule has 1 aromatic rings. The molecule has 0 radical (unpaired) electrons. The van der Waals surface area contributed by atoms with Crippen LogP contribution >= 0.6 is 0 Å². The Morgan fingerprint density at radius 1 is 1.53 bits per heavy atom. The van der Waals surface area contributed by atoms with Crippen LogP contribution in [-0.2, 0) is 9.53 Å². The Bertz CT molecular complexity index is 528. The van der Waals surface area contributed by atoms with Gasteiger partial charge in [-0.25, -0.2) is 4.79 Å². The molecule has 1 aliphatic heterocycles. The zero-order chi connectivity index (χ0) is 14.0. The molecule has 0 aromatic heterocycles. The van der Waals surface area contributed by atoms with E-state index in [-0.39, 0.29) is 18.6 Å². The van der Waals surface area contributed by atoms with Crippen LogP contribution in [0.5, 0.6) is 5.75 Å². The number of anilines is 3. The summed E-state index contributed by atoms with van der Waals surface area (Å²) >= 11 is 0. The van der Waals surface area contributed by atoms with Crippen LogP contribution in [0.1, 0.15) is 13.8 Å². The quantitative estimate of drug-likeness (QED) is 0.704. The molecule has 0 bridgehead atoms. The van der Waals surface area contributed by atoms with Gasteiger partial charge < -0.3 is 20.5 Å². The summed E-state index contributed by atoms with van der Waals surface area (Å²) in [5.41, 5.74) is 6.94. The van der Waals surface area contributed by atoms with E-state index in [2.05, 4.69) is 10.6 Å². The molecule has 7 heteroatoms. The Morgan fingerprint density at radius 3 is 2.95 bits per heavy atom. The average Bonchev–Trinajstić information content (AvgIpc) is 2.29. The number of hydrogen-bond donors (Lipinski definition) is 3. The molecule has 102 valence electrons. The van der Waals surface area contributed by atoms with Crippen LogP contribution in [0.15, 0.2) is 12.1 Å². The first kappa shape index (κ1) is 13.0. The largest absolute Gasteiger partial charge is 0.482 e. The molecule has 7 nitrogen and oxygen atoms in total. The number of ether oxygens (including phenoxy) is 2. The van der Waals surface area contributed by atoms with Gasteiger partial charge in [0.05, 0.1) is 23.2 Å². The maximum Gasteiger partial charge on any atom is 0.411 e. The van der Waals surface area contributed by atoms with Gasteiger partial charge in [0.15, 0.2) is 6.61 Å². The van der Waals surface area contributed by atoms with Crippen LogP contribution in [0.2, 0.25) is 0 Å². The molecule has 4 N–H and O–H groups in total. The van der Waals surface area contributed by atoms with E-state index in [4.69, 9.17) is 15.2 Å². The third-order valence-electron chi connectivity index (χ3n) is 2.36. The number of carbonyl (C=O) groups is 2. The van der Waals surface area contributed by atoms with Crippen LogP contribution in [0.25, 0.3) is 0 Å². The fraction of sp³-hybridized carbons (Fsp3) is 0.333. The fourth-order valence-corrected chi connectivity index (χ4v) is 1.60. The highest BCUT2D eigenvalue weighted by Gasteiger charge is 2.19. The van der Waals surface area contributed by atoms with Crippen LogP contribution in [-0.4, -0.2) is 24.7 Å². The number of carbonyl (C=O) groups excluding carboxylic acids is 2. The van der Waals surface area contributed by atoms with Gasteiger partial charge in [-0.1, -0.05) is 0 Å². The molecule has 0 saturated heterocycles. The highest BCUT2D eigenvalue weighted by atomic mass is 16.6. The highest BCUT2D eigenvalue weighted by Crippen LogP contribution is 2.35. The lowest BCUT2D eigenvalue weighted by Crippen LogP contribution is -2.26. The van der Waals surface area contributed by atoms with Gasteiger partial charge in [0.2, 0.25) is 0 Å². The van der Waals surface area contributed by atoms with Crippen molar-refractivity contribution >= 4 is 29.1 Å². The molecular formula is C12H15N3O4. The number of benzene rings is 1. The molecule has 0 aliphatic carbocycles. The summed E-state index contributed by atoms with van der Waals surface area (Å²) < 4.78 is 10.2. The number of nitrogens with two attached hydrogens (primary N) is 1. The minimum atomic E-state index is -0.607. The van der Waals surface area contributed by atoms with Crippen molar-refractivity contribution in [1.82, 2.24) is 0 Å². The number of hydrogen-bond acceptors (Lipinski definition) is 5. The third-order valence-corrected chi connectivity index (χ3v) is 2.36. The van der Waals surface area contributed by atoms with E-state index >= 15 is 0 Å². The highest BCUT2D eigenvalue weighted by molar-refractivity contribution is 5.98. The van der Waals surface area contributed by atoms with Crippen LogP contribution in [0, 0.1) is 0 Å². The van der Waals surface area contributed by atoms with Gasteiger partial charge in [-0.15, -0.1) is 0 Å². The molecule has 0 unspecified atom stereocenters. The van der Waals surface area contributed by atoms with Crippen molar-refractivity contribution in [3.63, 3.8) is 0 Å². The summed E-state index contributed by atoms with van der Waals surface area (Å²) in [5.74, 6) is 0.216. The Morgan fingerprint density at radius 2 is 2.26 bits per heavy atom. The molecule has 0 spiro atoms. The number of fused-ring (bicyclic) bond motifs is 1. The number of nitrogens with one attached hydrogen (secondary N) is 2. The van der Waals surface area contributed by atoms with Crippen LogP contribution in [0.4, 0.5) is 21.9 Å². The van der Waals surface area contributed by atoms with Crippen molar-refractivity contribution in [1.29, 1.82) is 0 Å².